The van der Waals surface area contributed by atoms with E-state index >= 15 is 0 Å². The molecule has 0 spiro atoms. The van der Waals surface area contributed by atoms with E-state index in [1.807, 2.05) is 19.1 Å². The van der Waals surface area contributed by atoms with E-state index in [0.29, 0.717) is 19.6 Å². The van der Waals surface area contributed by atoms with E-state index in [1.54, 1.807) is 0 Å². The highest BCUT2D eigenvalue weighted by Gasteiger charge is 2.30. The van der Waals surface area contributed by atoms with E-state index in [9.17, 15) is 4.79 Å². The number of carbonyl (C=O) groups is 1. The fraction of sp³-hybridized carbons (Fsp3) is 0.562. The van der Waals surface area contributed by atoms with Gasteiger partial charge in [0.15, 0.2) is 0 Å². The normalized spacial score (nSPS) is 18.9. The Morgan fingerprint density at radius 3 is 2.75 bits per heavy atom. The summed E-state index contributed by atoms with van der Waals surface area (Å²) in [6.45, 7) is 10.8. The molecule has 1 atom stereocenters. The van der Waals surface area contributed by atoms with Crippen molar-refractivity contribution in [3.63, 3.8) is 0 Å². The summed E-state index contributed by atoms with van der Waals surface area (Å²) in [5, 5.41) is 0. The van der Waals surface area contributed by atoms with Crippen LogP contribution in [0.1, 0.15) is 32.6 Å². The fourth-order valence-corrected chi connectivity index (χ4v) is 2.52. The molecule has 1 aliphatic rings. The van der Waals surface area contributed by atoms with Crippen LogP contribution in [0, 0.1) is 0 Å². The van der Waals surface area contributed by atoms with Gasteiger partial charge >= 0.3 is 5.97 Å². The monoisotopic (exact) mass is 279 g/mol. The average molecular weight is 279 g/mol. The molecule has 0 saturated carbocycles. The van der Waals surface area contributed by atoms with Crippen molar-refractivity contribution in [2.45, 2.75) is 38.8 Å². The van der Waals surface area contributed by atoms with E-state index in [-0.39, 0.29) is 12.2 Å². The third-order valence-corrected chi connectivity index (χ3v) is 3.39. The zero-order valence-corrected chi connectivity index (χ0v) is 12.6. The Morgan fingerprint density at radius 1 is 1.45 bits per heavy atom. The highest BCUT2D eigenvalue weighted by atomic mass is 16.5. The quantitative estimate of drug-likeness (QED) is 0.506. The van der Waals surface area contributed by atoms with Gasteiger partial charge in [-0.25, -0.2) is 4.79 Å². The van der Waals surface area contributed by atoms with Gasteiger partial charge in [-0.1, -0.05) is 12.2 Å². The number of carbonyl (C=O) groups excluding carboxylic acids is 1. The zero-order valence-electron chi connectivity index (χ0n) is 12.6. The number of allylic oxidation sites excluding steroid dienone is 2. The maximum absolute atomic E-state index is 12.0. The van der Waals surface area contributed by atoms with Crippen molar-refractivity contribution in [2.24, 2.45) is 0 Å². The summed E-state index contributed by atoms with van der Waals surface area (Å²) < 4.78 is 10.7. The molecule has 0 aromatic heterocycles. The molecule has 1 aliphatic heterocycles. The lowest BCUT2D eigenvalue weighted by molar-refractivity contribution is -0.137. The summed E-state index contributed by atoms with van der Waals surface area (Å²) >= 11 is 0. The summed E-state index contributed by atoms with van der Waals surface area (Å²) in [6.07, 6.45) is 6.78. The molecule has 0 amide bonds. The summed E-state index contributed by atoms with van der Waals surface area (Å²) in [6, 6.07) is 0. The molecule has 0 radical (unpaired) electrons. The second kappa shape index (κ2) is 8.59. The van der Waals surface area contributed by atoms with Gasteiger partial charge in [0.1, 0.15) is 6.23 Å². The Balaban J connectivity index is 3.09. The molecule has 0 bridgehead atoms. The Labute approximate surface area is 121 Å². The first-order valence-electron chi connectivity index (χ1n) is 7.09. The van der Waals surface area contributed by atoms with Gasteiger partial charge < -0.3 is 14.4 Å². The molecule has 0 N–H and O–H groups in total. The van der Waals surface area contributed by atoms with E-state index in [2.05, 4.69) is 18.1 Å². The average Bonchev–Trinajstić information content (AvgIpc) is 2.47. The van der Waals surface area contributed by atoms with Gasteiger partial charge in [0.25, 0.3) is 0 Å². The molecule has 0 aliphatic carbocycles. The van der Waals surface area contributed by atoms with Crippen molar-refractivity contribution in [1.29, 1.82) is 0 Å². The first kappa shape index (κ1) is 16.5. The van der Waals surface area contributed by atoms with Crippen LogP contribution < -0.4 is 0 Å². The number of nitrogens with zero attached hydrogens (tertiary/aromatic N) is 1. The predicted molar refractivity (Wildman–Crippen MR) is 80.0 cm³/mol. The minimum Gasteiger partial charge on any atom is -0.466 e. The minimum atomic E-state index is -0.243. The van der Waals surface area contributed by atoms with Crippen molar-refractivity contribution < 1.29 is 14.3 Å². The van der Waals surface area contributed by atoms with Gasteiger partial charge in [0.05, 0.1) is 12.7 Å². The van der Waals surface area contributed by atoms with Crippen LogP contribution >= 0.6 is 0 Å². The SMILES string of the molecule is C=CCCC1=C(C(=O)OC)CCC(OCC)N1CC=C. The molecule has 1 rings (SSSR count). The number of hydrogen-bond acceptors (Lipinski definition) is 4. The van der Waals surface area contributed by atoms with Crippen LogP contribution in [0.15, 0.2) is 36.6 Å². The van der Waals surface area contributed by atoms with E-state index in [1.165, 1.54) is 7.11 Å². The largest absolute Gasteiger partial charge is 0.466 e. The molecule has 0 saturated heterocycles. The van der Waals surface area contributed by atoms with Gasteiger partial charge in [-0.2, -0.15) is 0 Å². The van der Waals surface area contributed by atoms with Crippen LogP contribution in [0.2, 0.25) is 0 Å². The standard InChI is InChI=1S/C16H25NO3/c1-5-8-9-14-13(16(18)19-4)10-11-15(20-7-3)17(14)12-6-2/h5-6,15H,1-2,7-12H2,3-4H3. The van der Waals surface area contributed by atoms with Gasteiger partial charge in [-0.15, -0.1) is 13.2 Å². The van der Waals surface area contributed by atoms with Crippen molar-refractivity contribution in [3.8, 4) is 0 Å². The Hall–Kier alpha value is -1.55. The Morgan fingerprint density at radius 2 is 2.20 bits per heavy atom. The van der Waals surface area contributed by atoms with Gasteiger partial charge in [0.2, 0.25) is 0 Å². The summed E-state index contributed by atoms with van der Waals surface area (Å²) in [4.78, 5) is 14.1. The highest BCUT2D eigenvalue weighted by molar-refractivity contribution is 5.89. The molecular weight excluding hydrogens is 254 g/mol. The number of ether oxygens (including phenoxy) is 2. The third kappa shape index (κ3) is 3.97. The van der Waals surface area contributed by atoms with Crippen LogP contribution in [0.5, 0.6) is 0 Å². The van der Waals surface area contributed by atoms with Crippen molar-refractivity contribution in [3.05, 3.63) is 36.6 Å². The first-order valence-corrected chi connectivity index (χ1v) is 7.09. The van der Waals surface area contributed by atoms with Crippen LogP contribution in [-0.2, 0) is 14.3 Å². The Kier molecular flexibility index (Phi) is 7.09. The van der Waals surface area contributed by atoms with Crippen molar-refractivity contribution >= 4 is 5.97 Å². The molecular formula is C16H25NO3. The van der Waals surface area contributed by atoms with E-state index in [0.717, 1.165) is 30.5 Å². The summed E-state index contributed by atoms with van der Waals surface area (Å²) in [5.74, 6) is -0.243. The lowest BCUT2D eigenvalue weighted by Crippen LogP contribution is -2.41. The van der Waals surface area contributed by atoms with Gasteiger partial charge in [-0.05, 0) is 32.6 Å². The highest BCUT2D eigenvalue weighted by Crippen LogP contribution is 2.31. The third-order valence-electron chi connectivity index (χ3n) is 3.39. The number of esters is 1. The number of rotatable bonds is 8. The lowest BCUT2D eigenvalue weighted by atomic mass is 9.97. The second-order valence-electron chi connectivity index (χ2n) is 4.63. The second-order valence-corrected chi connectivity index (χ2v) is 4.63. The maximum Gasteiger partial charge on any atom is 0.335 e. The molecule has 0 aromatic rings. The summed E-state index contributed by atoms with van der Waals surface area (Å²) in [7, 11) is 1.42. The Bertz CT molecular complexity index is 387. The molecule has 4 nitrogen and oxygen atoms in total. The van der Waals surface area contributed by atoms with Crippen LogP contribution in [0.4, 0.5) is 0 Å². The van der Waals surface area contributed by atoms with E-state index < -0.39 is 0 Å². The van der Waals surface area contributed by atoms with E-state index in [4.69, 9.17) is 9.47 Å². The molecule has 1 unspecified atom stereocenters. The maximum atomic E-state index is 12.0. The molecule has 4 heteroatoms. The number of hydrogen-bond donors (Lipinski definition) is 0. The van der Waals surface area contributed by atoms with Crippen molar-refractivity contribution in [2.75, 3.05) is 20.3 Å². The molecule has 20 heavy (non-hydrogen) atoms. The van der Waals surface area contributed by atoms with Gasteiger partial charge in [-0.3, -0.25) is 0 Å². The molecule has 1 heterocycles. The molecule has 0 fully saturated rings. The summed E-state index contributed by atoms with van der Waals surface area (Å²) in [5.41, 5.74) is 1.76. The molecule has 0 aromatic carbocycles. The first-order chi connectivity index (χ1) is 9.69. The topological polar surface area (TPSA) is 38.8 Å². The fourth-order valence-electron chi connectivity index (χ4n) is 2.52. The zero-order chi connectivity index (χ0) is 15.0. The van der Waals surface area contributed by atoms with Crippen LogP contribution in [0.3, 0.4) is 0 Å². The lowest BCUT2D eigenvalue weighted by Gasteiger charge is -2.39. The molecule has 112 valence electrons. The number of methoxy groups -OCH3 is 1. The van der Waals surface area contributed by atoms with Crippen LogP contribution in [0.25, 0.3) is 0 Å². The smallest absolute Gasteiger partial charge is 0.335 e. The minimum absolute atomic E-state index is 0.00576. The van der Waals surface area contributed by atoms with Crippen molar-refractivity contribution in [1.82, 2.24) is 4.90 Å². The van der Waals surface area contributed by atoms with Crippen LogP contribution in [-0.4, -0.2) is 37.4 Å². The predicted octanol–water partition coefficient (Wildman–Crippen LogP) is 3.02. The van der Waals surface area contributed by atoms with Gasteiger partial charge in [0, 0.05) is 18.8 Å².